The van der Waals surface area contributed by atoms with E-state index < -0.39 is 6.10 Å². The molecule has 0 aromatic heterocycles. The Balaban J connectivity index is 0.00000210. The zero-order chi connectivity index (χ0) is 19.4. The van der Waals surface area contributed by atoms with Gasteiger partial charge in [-0.3, -0.25) is 0 Å². The van der Waals surface area contributed by atoms with Crippen molar-refractivity contribution in [3.05, 3.63) is 65.2 Å². The SMILES string of the molecule is CCc1ccc2c(c1)[C@@H]([AsH]C[C@H](O)[C@@H](N)Cc1ccccc1)CC(C)(C)O2.Cl.Cl. The predicted octanol–water partition coefficient (Wildman–Crippen LogP) is 4.48. The van der Waals surface area contributed by atoms with E-state index in [4.69, 9.17) is 10.5 Å². The number of aliphatic hydroxyl groups excluding tert-OH is 1. The predicted molar refractivity (Wildman–Crippen MR) is 128 cm³/mol. The quantitative estimate of drug-likeness (QED) is 0.550. The summed E-state index contributed by atoms with van der Waals surface area (Å²) < 4.78 is 6.74. The summed E-state index contributed by atoms with van der Waals surface area (Å²) in [6, 6.07) is 16.6. The van der Waals surface area contributed by atoms with Crippen molar-refractivity contribution in [2.24, 2.45) is 5.73 Å². The molecule has 2 aromatic rings. The maximum atomic E-state index is 10.7. The number of nitrogens with two attached hydrogens (primary N) is 1. The van der Waals surface area contributed by atoms with E-state index >= 15 is 0 Å². The van der Waals surface area contributed by atoms with Crippen LogP contribution in [0.5, 0.6) is 5.75 Å². The van der Waals surface area contributed by atoms with Gasteiger partial charge in [0.05, 0.1) is 0 Å². The molecule has 162 valence electrons. The molecule has 1 aliphatic heterocycles. The van der Waals surface area contributed by atoms with Gasteiger partial charge in [-0.05, 0) is 0 Å². The second kappa shape index (κ2) is 11.6. The van der Waals surface area contributed by atoms with Crippen LogP contribution >= 0.6 is 24.8 Å². The molecule has 29 heavy (non-hydrogen) atoms. The first-order chi connectivity index (χ1) is 12.9. The number of benzene rings is 2. The minimum absolute atomic E-state index is 0. The number of aryl methyl sites for hydroxylation is 1. The molecule has 2 aromatic carbocycles. The van der Waals surface area contributed by atoms with E-state index in [1.165, 1.54) is 16.7 Å². The molecule has 1 aliphatic rings. The van der Waals surface area contributed by atoms with Gasteiger partial charge in [-0.2, -0.15) is 0 Å². The van der Waals surface area contributed by atoms with Gasteiger partial charge in [0, 0.05) is 0 Å². The normalized spacial score (nSPS) is 19.4. The summed E-state index contributed by atoms with van der Waals surface area (Å²) in [4.78, 5) is 0. The van der Waals surface area contributed by atoms with E-state index in [0.717, 1.165) is 30.2 Å². The van der Waals surface area contributed by atoms with Crippen LogP contribution < -0.4 is 10.5 Å². The van der Waals surface area contributed by atoms with Crippen LogP contribution in [0, 0.1) is 0 Å². The Morgan fingerprint density at radius 1 is 1.14 bits per heavy atom. The Kier molecular flexibility index (Phi) is 10.6. The van der Waals surface area contributed by atoms with E-state index in [0.29, 0.717) is 4.71 Å². The first-order valence-corrected chi connectivity index (χ1v) is 12.6. The number of rotatable bonds is 7. The molecule has 4 atom stereocenters. The third-order valence-electron chi connectivity index (χ3n) is 5.32. The van der Waals surface area contributed by atoms with E-state index in [2.05, 4.69) is 51.1 Å². The first kappa shape index (κ1) is 26.3. The number of fused-ring (bicyclic) bond motifs is 1. The fourth-order valence-corrected chi connectivity index (χ4v) is 7.75. The Hall–Kier alpha value is -0.702. The summed E-state index contributed by atoms with van der Waals surface area (Å²) in [5, 5.41) is 11.5. The maximum absolute atomic E-state index is 10.7. The molecule has 0 spiro atoms. The molecule has 1 unspecified atom stereocenters. The monoisotopic (exact) mass is 501 g/mol. The molecule has 0 bridgehead atoms. The van der Waals surface area contributed by atoms with E-state index in [1.54, 1.807) is 0 Å². The van der Waals surface area contributed by atoms with Crippen LogP contribution in [0.3, 0.4) is 0 Å². The van der Waals surface area contributed by atoms with E-state index in [9.17, 15) is 5.11 Å². The molecule has 1 heterocycles. The van der Waals surface area contributed by atoms with E-state index in [1.807, 2.05) is 18.2 Å². The maximum Gasteiger partial charge on any atom is -0.147 e. The zero-order valence-corrected chi connectivity index (χ0v) is 21.2. The van der Waals surface area contributed by atoms with Gasteiger partial charge in [-0.15, -0.1) is 24.8 Å². The van der Waals surface area contributed by atoms with Crippen molar-refractivity contribution in [1.29, 1.82) is 0 Å². The average Bonchev–Trinajstić information content (AvgIpc) is 2.65. The van der Waals surface area contributed by atoms with Gasteiger partial charge in [0.15, 0.2) is 0 Å². The molecule has 3 N–H and O–H groups in total. The summed E-state index contributed by atoms with van der Waals surface area (Å²) in [5.74, 6) is 1.03. The molecule has 6 heteroatoms. The molecule has 3 nitrogen and oxygen atoms in total. The largest absolute Gasteiger partial charge is 0.147 e. The fraction of sp³-hybridized carbons (Fsp3) is 0.478. The molecular formula is C23H34AsCl2NO2. The smallest absolute Gasteiger partial charge is 0.147 e. The molecule has 0 radical (unpaired) electrons. The molecule has 0 aliphatic carbocycles. The summed E-state index contributed by atoms with van der Waals surface area (Å²) in [6.07, 6.45) is 2.35. The number of ether oxygens (including phenoxy) is 1. The second-order valence-electron chi connectivity index (χ2n) is 8.17. The van der Waals surface area contributed by atoms with Crippen LogP contribution in [0.2, 0.25) is 5.21 Å². The minimum atomic E-state index is -0.436. The number of aliphatic hydroxyl groups is 1. The van der Waals surface area contributed by atoms with Crippen LogP contribution in [-0.2, 0) is 12.8 Å². The number of hydrogen-bond acceptors (Lipinski definition) is 3. The van der Waals surface area contributed by atoms with Crippen molar-refractivity contribution in [3.8, 4) is 5.75 Å². The third-order valence-corrected chi connectivity index (χ3v) is 8.81. The van der Waals surface area contributed by atoms with Gasteiger partial charge in [0.25, 0.3) is 0 Å². The van der Waals surface area contributed by atoms with Crippen molar-refractivity contribution in [1.82, 2.24) is 0 Å². The van der Waals surface area contributed by atoms with Crippen molar-refractivity contribution in [2.45, 2.75) is 67.7 Å². The molecule has 0 fully saturated rings. The van der Waals surface area contributed by atoms with Crippen LogP contribution in [0.25, 0.3) is 0 Å². The number of halogens is 2. The summed E-state index contributed by atoms with van der Waals surface area (Å²) in [7, 11) is 0. The van der Waals surface area contributed by atoms with Gasteiger partial charge in [-0.1, -0.05) is 0 Å². The van der Waals surface area contributed by atoms with Crippen LogP contribution in [-0.4, -0.2) is 38.6 Å². The van der Waals surface area contributed by atoms with Gasteiger partial charge in [-0.25, -0.2) is 0 Å². The van der Waals surface area contributed by atoms with Crippen molar-refractivity contribution in [3.63, 3.8) is 0 Å². The van der Waals surface area contributed by atoms with Crippen LogP contribution in [0.15, 0.2) is 48.5 Å². The fourth-order valence-electron chi connectivity index (χ4n) is 3.74. The molecule has 0 saturated heterocycles. The summed E-state index contributed by atoms with van der Waals surface area (Å²) >= 11 is -0.380. The standard InChI is InChI=1S/C23H32AsNO2.2ClH/c1-4-16-10-11-22-18(12-16)19(14-23(2,3)27-22)24-15-21(26)20(25)13-17-8-6-5-7-9-17;;/h5-12,19-21,24,26H,4,13-15,25H2,1-3H3;2*1H/t19-,20-,21-;;/m0../s1. The topological polar surface area (TPSA) is 55.5 Å². The zero-order valence-electron chi connectivity index (χ0n) is 17.4. The Morgan fingerprint density at radius 3 is 2.48 bits per heavy atom. The molecule has 0 saturated carbocycles. The first-order valence-electron chi connectivity index (χ1n) is 9.91. The van der Waals surface area contributed by atoms with Crippen molar-refractivity contribution >= 4 is 40.6 Å². The van der Waals surface area contributed by atoms with E-state index in [-0.39, 0.29) is 52.2 Å². The second-order valence-corrected chi connectivity index (χ2v) is 11.3. The number of hydrogen-bond donors (Lipinski definition) is 2. The van der Waals surface area contributed by atoms with Crippen LogP contribution in [0.1, 0.15) is 48.6 Å². The minimum Gasteiger partial charge on any atom is -0.147 e. The molecule has 0 amide bonds. The summed E-state index contributed by atoms with van der Waals surface area (Å²) in [6.45, 7) is 6.52. The Labute approximate surface area is 194 Å². The van der Waals surface area contributed by atoms with Gasteiger partial charge < -0.3 is 0 Å². The van der Waals surface area contributed by atoms with Gasteiger partial charge in [0.1, 0.15) is 0 Å². The van der Waals surface area contributed by atoms with Crippen LogP contribution in [0.4, 0.5) is 0 Å². The third kappa shape index (κ3) is 7.19. The van der Waals surface area contributed by atoms with Gasteiger partial charge in [0.2, 0.25) is 0 Å². The molecule has 3 rings (SSSR count). The van der Waals surface area contributed by atoms with Crippen molar-refractivity contribution in [2.75, 3.05) is 0 Å². The van der Waals surface area contributed by atoms with Crippen molar-refractivity contribution < 1.29 is 9.84 Å². The molecular weight excluding hydrogens is 468 g/mol. The summed E-state index contributed by atoms with van der Waals surface area (Å²) in [5.41, 5.74) is 10.0. The average molecular weight is 502 g/mol. The van der Waals surface area contributed by atoms with Gasteiger partial charge >= 0.3 is 170 Å². The Morgan fingerprint density at radius 2 is 1.83 bits per heavy atom. The Bertz CT molecular complexity index is 758.